The van der Waals surface area contributed by atoms with Crippen LogP contribution in [0.5, 0.6) is 0 Å². The normalized spacial score (nSPS) is 15.4. The second-order valence-electron chi connectivity index (χ2n) is 8.56. The topological polar surface area (TPSA) is 99.3 Å². The molecule has 10 heteroatoms. The molecule has 1 aliphatic heterocycles. The van der Waals surface area contributed by atoms with Crippen molar-refractivity contribution in [3.63, 3.8) is 0 Å². The number of hydrogen-bond acceptors (Lipinski definition) is 6. The molecule has 0 saturated carbocycles. The van der Waals surface area contributed by atoms with Crippen molar-refractivity contribution in [3.8, 4) is 0 Å². The van der Waals surface area contributed by atoms with E-state index in [0.29, 0.717) is 52.9 Å². The number of H-pyrrole nitrogens is 1. The SMILES string of the molecule is O=c1[nH]ccc2c(Nc3c(Cl)cc(F)cc3Cl)nc3ccc(NCC(O)C4CCOCC4)cc3c12. The zero-order valence-electron chi connectivity index (χ0n) is 18.6. The molecule has 7 nitrogen and oxygen atoms in total. The molecule has 5 rings (SSSR count). The lowest BCUT2D eigenvalue weighted by Crippen LogP contribution is -2.32. The molecule has 3 heterocycles. The van der Waals surface area contributed by atoms with Gasteiger partial charge in [0.05, 0.1) is 32.7 Å². The van der Waals surface area contributed by atoms with Gasteiger partial charge in [-0.25, -0.2) is 9.37 Å². The summed E-state index contributed by atoms with van der Waals surface area (Å²) in [5.41, 5.74) is 1.35. The quantitative estimate of drug-likeness (QED) is 0.254. The second-order valence-corrected chi connectivity index (χ2v) is 9.37. The van der Waals surface area contributed by atoms with E-state index in [-0.39, 0.29) is 21.5 Å². The molecule has 2 aromatic heterocycles. The first-order valence-corrected chi connectivity index (χ1v) is 12.0. The Morgan fingerprint density at radius 1 is 1.14 bits per heavy atom. The molecule has 1 fully saturated rings. The predicted octanol–water partition coefficient (Wildman–Crippen LogP) is 5.47. The molecular formula is C25H23Cl2FN4O3. The molecule has 1 atom stereocenters. The van der Waals surface area contributed by atoms with E-state index in [1.165, 1.54) is 6.20 Å². The third-order valence-corrected chi connectivity index (χ3v) is 6.89. The minimum atomic E-state index is -0.555. The molecule has 1 aliphatic rings. The van der Waals surface area contributed by atoms with Crippen LogP contribution in [0.15, 0.2) is 47.4 Å². The Morgan fingerprint density at radius 2 is 1.89 bits per heavy atom. The van der Waals surface area contributed by atoms with Gasteiger partial charge in [0.25, 0.3) is 5.56 Å². The lowest BCUT2D eigenvalue weighted by Gasteiger charge is -2.27. The van der Waals surface area contributed by atoms with Crippen LogP contribution in [0.2, 0.25) is 10.0 Å². The highest BCUT2D eigenvalue weighted by Gasteiger charge is 2.22. The van der Waals surface area contributed by atoms with E-state index in [9.17, 15) is 14.3 Å². The second kappa shape index (κ2) is 9.99. The number of hydrogen-bond donors (Lipinski definition) is 4. The van der Waals surface area contributed by atoms with Gasteiger partial charge in [0.2, 0.25) is 0 Å². The first kappa shape index (κ1) is 23.8. The predicted molar refractivity (Wildman–Crippen MR) is 138 cm³/mol. The summed E-state index contributed by atoms with van der Waals surface area (Å²) >= 11 is 12.4. The Balaban J connectivity index is 1.51. The van der Waals surface area contributed by atoms with Crippen LogP contribution in [0.25, 0.3) is 21.7 Å². The van der Waals surface area contributed by atoms with Crippen LogP contribution in [0.3, 0.4) is 0 Å². The standard InChI is InChI=1S/C25H23Cl2FN4O3/c26-18-9-14(28)10-19(27)23(18)32-24-16-3-6-29-25(34)22(16)17-11-15(1-2-20(17)31-24)30-12-21(33)13-4-7-35-8-5-13/h1-3,6,9-11,13,21,30,33H,4-5,7-8,12H2,(H,29,34)(H,31,32). The summed E-state index contributed by atoms with van der Waals surface area (Å²) in [4.78, 5) is 20.3. The zero-order chi connectivity index (χ0) is 24.5. The first-order chi connectivity index (χ1) is 16.9. The summed E-state index contributed by atoms with van der Waals surface area (Å²) in [5.74, 6) is 0.00531. The van der Waals surface area contributed by atoms with Crippen molar-refractivity contribution in [3.05, 3.63) is 68.8 Å². The average molecular weight is 517 g/mol. The van der Waals surface area contributed by atoms with Crippen LogP contribution in [-0.4, -0.2) is 40.9 Å². The van der Waals surface area contributed by atoms with Crippen LogP contribution in [-0.2, 0) is 4.74 Å². The number of anilines is 3. The number of aromatic nitrogens is 2. The molecular weight excluding hydrogens is 494 g/mol. The van der Waals surface area contributed by atoms with Gasteiger partial charge in [-0.3, -0.25) is 4.79 Å². The summed E-state index contributed by atoms with van der Waals surface area (Å²) in [6, 6.07) is 9.52. The molecule has 35 heavy (non-hydrogen) atoms. The Bertz CT molecular complexity index is 1430. The van der Waals surface area contributed by atoms with Gasteiger partial charge in [0.1, 0.15) is 11.6 Å². The molecule has 0 spiro atoms. The highest BCUT2D eigenvalue weighted by Crippen LogP contribution is 2.36. The molecule has 1 unspecified atom stereocenters. The molecule has 0 amide bonds. The third kappa shape index (κ3) is 4.92. The van der Waals surface area contributed by atoms with Crippen molar-refractivity contribution in [1.29, 1.82) is 0 Å². The fourth-order valence-electron chi connectivity index (χ4n) is 4.43. The average Bonchev–Trinajstić information content (AvgIpc) is 2.85. The zero-order valence-corrected chi connectivity index (χ0v) is 20.1. The summed E-state index contributed by atoms with van der Waals surface area (Å²) in [5, 5.41) is 18.7. The summed E-state index contributed by atoms with van der Waals surface area (Å²) in [7, 11) is 0. The molecule has 0 radical (unpaired) electrons. The number of benzene rings is 2. The van der Waals surface area contributed by atoms with Crippen molar-refractivity contribution in [1.82, 2.24) is 9.97 Å². The van der Waals surface area contributed by atoms with Crippen molar-refractivity contribution in [2.24, 2.45) is 5.92 Å². The monoisotopic (exact) mass is 516 g/mol. The van der Waals surface area contributed by atoms with Gasteiger partial charge < -0.3 is 25.5 Å². The van der Waals surface area contributed by atoms with E-state index in [2.05, 4.69) is 20.6 Å². The maximum atomic E-state index is 13.6. The minimum absolute atomic E-state index is 0.0949. The molecule has 0 aliphatic carbocycles. The molecule has 4 N–H and O–H groups in total. The van der Waals surface area contributed by atoms with Gasteiger partial charge >= 0.3 is 0 Å². The van der Waals surface area contributed by atoms with Crippen LogP contribution in [0.4, 0.5) is 21.6 Å². The lowest BCUT2D eigenvalue weighted by molar-refractivity contribution is 0.0131. The van der Waals surface area contributed by atoms with Crippen LogP contribution >= 0.6 is 23.2 Å². The van der Waals surface area contributed by atoms with Crippen molar-refractivity contribution in [2.75, 3.05) is 30.4 Å². The third-order valence-electron chi connectivity index (χ3n) is 6.29. The fourth-order valence-corrected chi connectivity index (χ4v) is 4.99. The number of rotatable bonds is 6. The number of aliphatic hydroxyl groups excluding tert-OH is 1. The van der Waals surface area contributed by atoms with Gasteiger partial charge in [0, 0.05) is 42.4 Å². The summed E-state index contributed by atoms with van der Waals surface area (Å²) in [6.07, 6.45) is 2.71. The van der Waals surface area contributed by atoms with Gasteiger partial charge in [-0.15, -0.1) is 0 Å². The van der Waals surface area contributed by atoms with Gasteiger partial charge in [-0.1, -0.05) is 23.2 Å². The number of nitrogens with one attached hydrogen (secondary N) is 3. The highest BCUT2D eigenvalue weighted by atomic mass is 35.5. The number of halogens is 3. The molecule has 1 saturated heterocycles. The summed E-state index contributed by atoms with van der Waals surface area (Å²) < 4.78 is 19.0. The van der Waals surface area contributed by atoms with Crippen LogP contribution in [0, 0.1) is 11.7 Å². The van der Waals surface area contributed by atoms with Crippen LogP contribution < -0.4 is 16.2 Å². The van der Waals surface area contributed by atoms with E-state index < -0.39 is 11.9 Å². The largest absolute Gasteiger partial charge is 0.391 e. The fraction of sp³-hybridized carbons (Fsp3) is 0.280. The van der Waals surface area contributed by atoms with Crippen molar-refractivity contribution in [2.45, 2.75) is 18.9 Å². The first-order valence-electron chi connectivity index (χ1n) is 11.3. The smallest absolute Gasteiger partial charge is 0.256 e. The maximum absolute atomic E-state index is 13.6. The lowest BCUT2D eigenvalue weighted by atomic mass is 9.94. The number of pyridine rings is 2. The Kier molecular flexibility index (Phi) is 6.80. The minimum Gasteiger partial charge on any atom is -0.391 e. The number of nitrogens with zero attached hydrogens (tertiary/aromatic N) is 1. The van der Waals surface area contributed by atoms with Crippen molar-refractivity contribution >= 4 is 62.1 Å². The van der Waals surface area contributed by atoms with E-state index in [0.717, 1.165) is 30.7 Å². The van der Waals surface area contributed by atoms with E-state index in [4.69, 9.17) is 27.9 Å². The Labute approximate surface area is 210 Å². The van der Waals surface area contributed by atoms with Gasteiger partial charge in [-0.05, 0) is 55.2 Å². The number of aliphatic hydroxyl groups is 1. The van der Waals surface area contributed by atoms with E-state index in [1.807, 2.05) is 12.1 Å². The number of ether oxygens (including phenoxy) is 1. The number of aromatic amines is 1. The molecule has 0 bridgehead atoms. The van der Waals surface area contributed by atoms with Gasteiger partial charge in [-0.2, -0.15) is 0 Å². The molecule has 2 aromatic carbocycles. The Morgan fingerprint density at radius 3 is 2.63 bits per heavy atom. The van der Waals surface area contributed by atoms with Gasteiger partial charge in [0.15, 0.2) is 0 Å². The Hall–Kier alpha value is -2.91. The van der Waals surface area contributed by atoms with Crippen molar-refractivity contribution < 1.29 is 14.2 Å². The number of fused-ring (bicyclic) bond motifs is 3. The molecule has 4 aromatic rings. The molecule has 182 valence electrons. The van der Waals surface area contributed by atoms with Crippen LogP contribution in [0.1, 0.15) is 12.8 Å². The van der Waals surface area contributed by atoms with E-state index in [1.54, 1.807) is 12.1 Å². The summed E-state index contributed by atoms with van der Waals surface area (Å²) in [6.45, 7) is 1.73. The highest BCUT2D eigenvalue weighted by molar-refractivity contribution is 6.39. The van der Waals surface area contributed by atoms with E-state index >= 15 is 0 Å². The maximum Gasteiger partial charge on any atom is 0.256 e.